The number of methoxy groups -OCH3 is 1. The number of amidine groups is 3. The number of carbonyl (C=O) groups is 1. The molecule has 0 aliphatic carbocycles. The normalized spacial score (nSPS) is 17.9. The van der Waals surface area contributed by atoms with Gasteiger partial charge in [0, 0.05) is 5.75 Å². The number of rotatable bonds is 6. The van der Waals surface area contributed by atoms with Gasteiger partial charge >= 0.3 is 10.1 Å². The van der Waals surface area contributed by atoms with Crippen LogP contribution in [0.2, 0.25) is 0 Å². The highest BCUT2D eigenvalue weighted by atomic mass is 32.2. The van der Waals surface area contributed by atoms with E-state index in [1.54, 1.807) is 11.0 Å². The summed E-state index contributed by atoms with van der Waals surface area (Å²) in [7, 11) is -2.34. The molecule has 0 spiro atoms. The van der Waals surface area contributed by atoms with Crippen molar-refractivity contribution in [1.29, 1.82) is 5.41 Å². The molecule has 2 heterocycles. The summed E-state index contributed by atoms with van der Waals surface area (Å²) >= 11 is 2.58. The van der Waals surface area contributed by atoms with Crippen molar-refractivity contribution < 1.29 is 22.1 Å². The molecule has 0 fully saturated rings. The lowest BCUT2D eigenvalue weighted by Gasteiger charge is -2.24. The van der Waals surface area contributed by atoms with Crippen LogP contribution in [0.15, 0.2) is 33.2 Å². The van der Waals surface area contributed by atoms with Crippen LogP contribution in [0.3, 0.4) is 0 Å². The van der Waals surface area contributed by atoms with Crippen LogP contribution in [0.5, 0.6) is 11.5 Å². The van der Waals surface area contributed by atoms with E-state index in [0.717, 1.165) is 24.0 Å². The highest BCUT2D eigenvalue weighted by Crippen LogP contribution is 2.34. The van der Waals surface area contributed by atoms with E-state index in [1.165, 1.54) is 37.1 Å². The second-order valence-electron chi connectivity index (χ2n) is 6.81. The molecule has 0 bridgehead atoms. The van der Waals surface area contributed by atoms with Crippen LogP contribution in [0.1, 0.15) is 19.4 Å². The summed E-state index contributed by atoms with van der Waals surface area (Å²) in [6.07, 6.45) is 2.44. The largest absolute Gasteiger partial charge is 0.493 e. The number of nitrogens with zero attached hydrogens (tertiary/aromatic N) is 3. The first kappa shape index (κ1) is 22.4. The average Bonchev–Trinajstić information content (AvgIpc) is 3.06. The second-order valence-corrected chi connectivity index (χ2v) is 10.1. The van der Waals surface area contributed by atoms with E-state index in [-0.39, 0.29) is 22.9 Å². The van der Waals surface area contributed by atoms with Crippen LogP contribution in [-0.4, -0.2) is 54.5 Å². The highest BCUT2D eigenvalue weighted by molar-refractivity contribution is 8.19. The summed E-state index contributed by atoms with van der Waals surface area (Å²) in [6, 6.07) is 4.51. The van der Waals surface area contributed by atoms with Gasteiger partial charge in [-0.3, -0.25) is 10.2 Å². The minimum absolute atomic E-state index is 0.0135. The smallest absolute Gasteiger partial charge is 0.306 e. The number of aliphatic imine (C=N–C) groups is 1. The van der Waals surface area contributed by atoms with Crippen LogP contribution in [0.25, 0.3) is 6.08 Å². The lowest BCUT2D eigenvalue weighted by Crippen LogP contribution is -2.41. The highest BCUT2D eigenvalue weighted by Gasteiger charge is 2.37. The van der Waals surface area contributed by atoms with Gasteiger partial charge in [-0.15, -0.1) is 0 Å². The maximum atomic E-state index is 12.5. The van der Waals surface area contributed by atoms with Crippen molar-refractivity contribution in [3.05, 3.63) is 29.3 Å². The van der Waals surface area contributed by atoms with Gasteiger partial charge in [-0.1, -0.05) is 31.7 Å². The molecule has 0 saturated heterocycles. The molecule has 0 atom stereocenters. The zero-order valence-electron chi connectivity index (χ0n) is 16.7. The predicted octanol–water partition coefficient (Wildman–Crippen LogP) is 3.00. The molecule has 0 aromatic heterocycles. The SMILES string of the molecule is COc1cc(/C=C2/C(=N)N3C(SCC(C)C)=NSC3=NC2=O)ccc1OS(C)(=O)=O. The van der Waals surface area contributed by atoms with E-state index in [2.05, 4.69) is 23.2 Å². The number of hydrogen-bond acceptors (Lipinski definition) is 9. The van der Waals surface area contributed by atoms with E-state index in [0.29, 0.717) is 21.8 Å². The number of nitrogens with one attached hydrogen (secondary N) is 1. The minimum Gasteiger partial charge on any atom is -0.493 e. The van der Waals surface area contributed by atoms with Crippen LogP contribution >= 0.6 is 23.7 Å². The zero-order chi connectivity index (χ0) is 22.1. The van der Waals surface area contributed by atoms with Crippen molar-refractivity contribution in [1.82, 2.24) is 4.90 Å². The molecular formula is C18H20N4O5S3. The van der Waals surface area contributed by atoms with Gasteiger partial charge in [0.1, 0.15) is 5.84 Å². The number of hydrogen-bond donors (Lipinski definition) is 1. The number of benzene rings is 1. The zero-order valence-corrected chi connectivity index (χ0v) is 19.2. The molecule has 0 unspecified atom stereocenters. The number of carbonyl (C=O) groups excluding carboxylic acids is 1. The van der Waals surface area contributed by atoms with Crippen molar-refractivity contribution in [2.45, 2.75) is 13.8 Å². The van der Waals surface area contributed by atoms with Crippen LogP contribution in [0, 0.1) is 11.3 Å². The van der Waals surface area contributed by atoms with Gasteiger partial charge < -0.3 is 8.92 Å². The summed E-state index contributed by atoms with van der Waals surface area (Å²) in [5.41, 5.74) is 0.623. The molecule has 0 radical (unpaired) electrons. The first-order valence-corrected chi connectivity index (χ1v) is 12.4. The standard InChI is InChI=1S/C18H20N4O5S3/c1-10(2)9-28-18-21-29-17-20-16(23)12(15(19)22(17)18)7-11-5-6-13(14(8-11)26-3)27-30(4,24)25/h5-8,10,19H,9H2,1-4H3/b12-7-,19-15?. The Morgan fingerprint density at radius 1 is 1.33 bits per heavy atom. The molecule has 30 heavy (non-hydrogen) atoms. The predicted molar refractivity (Wildman–Crippen MR) is 121 cm³/mol. The summed E-state index contributed by atoms with van der Waals surface area (Å²) in [6.45, 7) is 4.18. The number of ether oxygens (including phenoxy) is 1. The Morgan fingerprint density at radius 2 is 2.07 bits per heavy atom. The van der Waals surface area contributed by atoms with Crippen molar-refractivity contribution >= 4 is 62.0 Å². The van der Waals surface area contributed by atoms with Gasteiger partial charge in [0.2, 0.25) is 5.17 Å². The fourth-order valence-electron chi connectivity index (χ4n) is 2.51. The van der Waals surface area contributed by atoms with Crippen LogP contribution in [-0.2, 0) is 14.9 Å². The number of thioether (sulfide) groups is 1. The van der Waals surface area contributed by atoms with Gasteiger partial charge in [0.25, 0.3) is 5.91 Å². The fraction of sp³-hybridized carbons (Fsp3) is 0.333. The second kappa shape index (κ2) is 8.82. The minimum atomic E-state index is -3.72. The Balaban J connectivity index is 1.91. The van der Waals surface area contributed by atoms with Gasteiger partial charge in [-0.25, -0.2) is 4.90 Å². The molecule has 9 nitrogen and oxygen atoms in total. The topological polar surface area (TPSA) is 121 Å². The quantitative estimate of drug-likeness (QED) is 0.384. The molecular weight excluding hydrogens is 448 g/mol. The van der Waals surface area contributed by atoms with Crippen LogP contribution < -0.4 is 8.92 Å². The van der Waals surface area contributed by atoms with Crippen molar-refractivity contribution in [2.75, 3.05) is 19.1 Å². The third kappa shape index (κ3) is 5.05. The number of fused-ring (bicyclic) bond motifs is 1. The average molecular weight is 469 g/mol. The summed E-state index contributed by atoms with van der Waals surface area (Å²) in [5, 5.41) is 9.52. The Labute approximate surface area is 183 Å². The molecule has 2 aliphatic rings. The molecule has 1 amide bonds. The Kier molecular flexibility index (Phi) is 6.58. The van der Waals surface area contributed by atoms with Gasteiger partial charge in [-0.2, -0.15) is 17.8 Å². The first-order valence-electron chi connectivity index (χ1n) is 8.78. The van der Waals surface area contributed by atoms with E-state index < -0.39 is 16.0 Å². The molecule has 0 saturated carbocycles. The molecule has 2 aliphatic heterocycles. The van der Waals surface area contributed by atoms with Crippen molar-refractivity contribution in [3.8, 4) is 11.5 Å². The fourth-order valence-corrected chi connectivity index (χ4v) is 4.77. The molecule has 12 heteroatoms. The maximum absolute atomic E-state index is 12.5. The third-order valence-electron chi connectivity index (χ3n) is 3.78. The molecule has 1 N–H and O–H groups in total. The van der Waals surface area contributed by atoms with Gasteiger partial charge in [-0.05, 0) is 29.7 Å². The third-order valence-corrected chi connectivity index (χ3v) is 6.44. The molecule has 160 valence electrons. The van der Waals surface area contributed by atoms with Gasteiger partial charge in [0.15, 0.2) is 16.7 Å². The Hall–Kier alpha value is -2.31. The van der Waals surface area contributed by atoms with Crippen molar-refractivity contribution in [3.63, 3.8) is 0 Å². The lowest BCUT2D eigenvalue weighted by molar-refractivity contribution is -0.114. The van der Waals surface area contributed by atoms with Crippen molar-refractivity contribution in [2.24, 2.45) is 15.3 Å². The van der Waals surface area contributed by atoms with E-state index in [1.807, 2.05) is 0 Å². The Morgan fingerprint density at radius 3 is 2.70 bits per heavy atom. The van der Waals surface area contributed by atoms with E-state index in [4.69, 9.17) is 14.3 Å². The Bertz CT molecular complexity index is 1090. The summed E-state index contributed by atoms with van der Waals surface area (Å²) in [4.78, 5) is 18.1. The summed E-state index contributed by atoms with van der Waals surface area (Å²) < 4.78 is 37.2. The molecule has 3 rings (SSSR count). The summed E-state index contributed by atoms with van der Waals surface area (Å²) in [5.74, 6) is 0.921. The van der Waals surface area contributed by atoms with Gasteiger partial charge in [0.05, 0.1) is 30.9 Å². The number of amides is 1. The monoisotopic (exact) mass is 468 g/mol. The maximum Gasteiger partial charge on any atom is 0.306 e. The van der Waals surface area contributed by atoms with E-state index >= 15 is 0 Å². The first-order chi connectivity index (χ1) is 14.1. The van der Waals surface area contributed by atoms with E-state index in [9.17, 15) is 13.2 Å². The lowest BCUT2D eigenvalue weighted by atomic mass is 10.1. The van der Waals surface area contributed by atoms with Crippen LogP contribution in [0.4, 0.5) is 0 Å². The molecule has 1 aromatic carbocycles. The molecule has 1 aromatic rings.